The van der Waals surface area contributed by atoms with E-state index < -0.39 is 11.2 Å². The summed E-state index contributed by atoms with van der Waals surface area (Å²) in [7, 11) is 0. The van der Waals surface area contributed by atoms with Crippen LogP contribution < -0.4 is 9.47 Å². The fraction of sp³-hybridized carbons (Fsp3) is 0.219. The highest BCUT2D eigenvalue weighted by molar-refractivity contribution is 6.10. The molecule has 1 saturated carbocycles. The Morgan fingerprint density at radius 2 is 1.64 bits per heavy atom. The van der Waals surface area contributed by atoms with Gasteiger partial charge in [0.2, 0.25) is 5.88 Å². The number of fused-ring (bicyclic) bond motifs is 1. The number of pyridine rings is 2. The molecule has 42 heavy (non-hydrogen) atoms. The zero-order valence-corrected chi connectivity index (χ0v) is 22.5. The van der Waals surface area contributed by atoms with Crippen molar-refractivity contribution in [1.82, 2.24) is 19.5 Å². The summed E-state index contributed by atoms with van der Waals surface area (Å²) in [6.07, 6.45) is 9.28. The van der Waals surface area contributed by atoms with Gasteiger partial charge in [0.15, 0.2) is 23.1 Å². The van der Waals surface area contributed by atoms with Gasteiger partial charge in [-0.15, -0.1) is 0 Å². The van der Waals surface area contributed by atoms with Gasteiger partial charge in [-0.05, 0) is 54.3 Å². The SMILES string of the molecule is O=C(Cc1ccc(F)cc1)C1(C(=O)Cc2ccc(Oc3ccnc4cc(OCCn5ccnc5)ncc34)c(F)c2)CC1. The van der Waals surface area contributed by atoms with E-state index in [2.05, 4.69) is 15.0 Å². The van der Waals surface area contributed by atoms with Crippen molar-refractivity contribution in [2.24, 2.45) is 5.41 Å². The van der Waals surface area contributed by atoms with Crippen LogP contribution in [0.3, 0.4) is 0 Å². The molecule has 0 bridgehead atoms. The summed E-state index contributed by atoms with van der Waals surface area (Å²) in [5.41, 5.74) is 0.624. The number of carbonyl (C=O) groups excluding carboxylic acids is 2. The smallest absolute Gasteiger partial charge is 0.215 e. The molecule has 3 heterocycles. The van der Waals surface area contributed by atoms with Crippen molar-refractivity contribution >= 4 is 22.5 Å². The third kappa shape index (κ3) is 5.88. The van der Waals surface area contributed by atoms with Gasteiger partial charge in [-0.25, -0.2) is 18.7 Å². The molecule has 1 aliphatic carbocycles. The minimum atomic E-state index is -1.05. The van der Waals surface area contributed by atoms with Gasteiger partial charge in [0.1, 0.15) is 18.2 Å². The molecule has 0 spiro atoms. The van der Waals surface area contributed by atoms with Gasteiger partial charge in [-0.1, -0.05) is 18.2 Å². The topological polar surface area (TPSA) is 96.2 Å². The molecule has 6 rings (SSSR count). The fourth-order valence-corrected chi connectivity index (χ4v) is 4.85. The standard InChI is InChI=1S/C32H26F2N4O4/c33-23-4-1-21(2-5-23)16-29(39)32(8-9-32)30(40)17-22-3-6-28(25(34)15-22)42-27-7-10-36-26-18-31(37-19-24(26)27)41-14-13-38-12-11-35-20-38/h1-7,10-12,15,18-20H,8-9,13-14,16-17H2. The number of rotatable bonds is 12. The normalized spacial score (nSPS) is 13.6. The Morgan fingerprint density at radius 3 is 2.36 bits per heavy atom. The van der Waals surface area contributed by atoms with E-state index in [1.165, 1.54) is 24.3 Å². The van der Waals surface area contributed by atoms with E-state index in [9.17, 15) is 14.0 Å². The second-order valence-electron chi connectivity index (χ2n) is 10.3. The summed E-state index contributed by atoms with van der Waals surface area (Å²) in [6.45, 7) is 1.01. The van der Waals surface area contributed by atoms with Crippen LogP contribution in [0.5, 0.6) is 17.4 Å². The maximum Gasteiger partial charge on any atom is 0.215 e. The van der Waals surface area contributed by atoms with Gasteiger partial charge in [0.05, 0.1) is 29.2 Å². The Balaban J connectivity index is 1.10. The first-order chi connectivity index (χ1) is 20.4. The fourth-order valence-electron chi connectivity index (χ4n) is 4.85. The summed E-state index contributed by atoms with van der Waals surface area (Å²) >= 11 is 0. The summed E-state index contributed by atoms with van der Waals surface area (Å²) < 4.78 is 41.8. The molecule has 0 unspecified atom stereocenters. The molecule has 0 N–H and O–H groups in total. The highest BCUT2D eigenvalue weighted by Gasteiger charge is 2.54. The Kier molecular flexibility index (Phi) is 7.43. The van der Waals surface area contributed by atoms with Gasteiger partial charge in [0.25, 0.3) is 0 Å². The molecule has 2 aromatic carbocycles. The summed E-state index contributed by atoms with van der Waals surface area (Å²) in [5.74, 6) is -0.710. The van der Waals surface area contributed by atoms with Gasteiger partial charge in [-0.3, -0.25) is 14.6 Å². The maximum absolute atomic E-state index is 15.1. The van der Waals surface area contributed by atoms with E-state index >= 15 is 4.39 Å². The first-order valence-electron chi connectivity index (χ1n) is 13.5. The predicted octanol–water partition coefficient (Wildman–Crippen LogP) is 5.68. The van der Waals surface area contributed by atoms with Crippen LogP contribution >= 0.6 is 0 Å². The maximum atomic E-state index is 15.1. The number of aromatic nitrogens is 4. The van der Waals surface area contributed by atoms with Crippen molar-refractivity contribution in [3.8, 4) is 17.4 Å². The van der Waals surface area contributed by atoms with Crippen LogP contribution in [0.25, 0.3) is 10.9 Å². The lowest BCUT2D eigenvalue weighted by molar-refractivity contribution is -0.133. The average Bonchev–Trinajstić information content (AvgIpc) is 3.65. The lowest BCUT2D eigenvalue weighted by atomic mass is 9.88. The minimum Gasteiger partial charge on any atom is -0.476 e. The Labute approximate surface area is 240 Å². The number of halogens is 2. The van der Waals surface area contributed by atoms with Crippen molar-refractivity contribution in [1.29, 1.82) is 0 Å². The molecule has 0 radical (unpaired) electrons. The van der Waals surface area contributed by atoms with E-state index in [-0.39, 0.29) is 36.0 Å². The minimum absolute atomic E-state index is 0.0205. The van der Waals surface area contributed by atoms with Crippen molar-refractivity contribution in [2.75, 3.05) is 6.61 Å². The molecule has 0 saturated heterocycles. The number of Topliss-reactive ketones (excluding diaryl/α,β-unsaturated/α-hetero) is 2. The summed E-state index contributed by atoms with van der Waals surface area (Å²) in [5, 5.41) is 0.577. The lowest BCUT2D eigenvalue weighted by Gasteiger charge is -2.14. The van der Waals surface area contributed by atoms with E-state index in [1.54, 1.807) is 55.2 Å². The van der Waals surface area contributed by atoms with E-state index in [0.29, 0.717) is 59.7 Å². The van der Waals surface area contributed by atoms with Crippen LogP contribution in [0.15, 0.2) is 85.7 Å². The third-order valence-corrected chi connectivity index (χ3v) is 7.40. The quantitative estimate of drug-likeness (QED) is 0.179. The third-order valence-electron chi connectivity index (χ3n) is 7.40. The zero-order valence-electron chi connectivity index (χ0n) is 22.5. The lowest BCUT2D eigenvalue weighted by Crippen LogP contribution is -2.28. The van der Waals surface area contributed by atoms with Crippen LogP contribution in [0.4, 0.5) is 8.78 Å². The number of carbonyl (C=O) groups is 2. The highest BCUT2D eigenvalue weighted by Crippen LogP contribution is 2.49. The van der Waals surface area contributed by atoms with Crippen molar-refractivity contribution < 1.29 is 27.8 Å². The van der Waals surface area contributed by atoms with Crippen LogP contribution in [-0.2, 0) is 29.0 Å². The van der Waals surface area contributed by atoms with Crippen LogP contribution in [-0.4, -0.2) is 37.7 Å². The molecule has 3 aromatic heterocycles. The number of hydrogen-bond acceptors (Lipinski definition) is 7. The zero-order chi connectivity index (χ0) is 29.1. The molecule has 0 aliphatic heterocycles. The monoisotopic (exact) mass is 568 g/mol. The molecule has 1 aliphatic rings. The Hall–Kier alpha value is -4.99. The van der Waals surface area contributed by atoms with Gasteiger partial charge in [-0.2, -0.15) is 0 Å². The number of hydrogen-bond donors (Lipinski definition) is 0. The number of ether oxygens (including phenoxy) is 2. The van der Waals surface area contributed by atoms with Crippen LogP contribution in [0, 0.1) is 17.0 Å². The molecule has 10 heteroatoms. The van der Waals surface area contributed by atoms with Gasteiger partial charge >= 0.3 is 0 Å². The second kappa shape index (κ2) is 11.5. The number of imidazole rings is 1. The number of benzene rings is 2. The van der Waals surface area contributed by atoms with E-state index in [1.807, 2.05) is 10.8 Å². The van der Waals surface area contributed by atoms with Gasteiger partial charge in [0, 0.05) is 43.7 Å². The largest absolute Gasteiger partial charge is 0.476 e. The highest BCUT2D eigenvalue weighted by atomic mass is 19.1. The van der Waals surface area contributed by atoms with Crippen LogP contribution in [0.1, 0.15) is 24.0 Å². The summed E-state index contributed by atoms with van der Waals surface area (Å²) in [4.78, 5) is 38.7. The molecule has 0 amide bonds. The van der Waals surface area contributed by atoms with Crippen molar-refractivity contribution in [2.45, 2.75) is 32.2 Å². The van der Waals surface area contributed by atoms with Crippen molar-refractivity contribution in [3.05, 3.63) is 108 Å². The van der Waals surface area contributed by atoms with E-state index in [0.717, 1.165) is 0 Å². The second-order valence-corrected chi connectivity index (χ2v) is 10.3. The molecule has 5 aromatic rings. The molecule has 212 valence electrons. The predicted molar refractivity (Wildman–Crippen MR) is 149 cm³/mol. The first kappa shape index (κ1) is 27.2. The van der Waals surface area contributed by atoms with Gasteiger partial charge < -0.3 is 14.0 Å². The van der Waals surface area contributed by atoms with E-state index in [4.69, 9.17) is 9.47 Å². The van der Waals surface area contributed by atoms with Crippen molar-refractivity contribution in [3.63, 3.8) is 0 Å². The number of ketones is 2. The molecular formula is C32H26F2N4O4. The Bertz CT molecular complexity index is 1750. The molecule has 0 atom stereocenters. The summed E-state index contributed by atoms with van der Waals surface area (Å²) in [6, 6.07) is 13.3. The number of nitrogens with zero attached hydrogens (tertiary/aromatic N) is 4. The molecule has 1 fully saturated rings. The molecule has 8 nitrogen and oxygen atoms in total. The van der Waals surface area contributed by atoms with Crippen LogP contribution in [0.2, 0.25) is 0 Å². The molecular weight excluding hydrogens is 542 g/mol. The first-order valence-corrected chi connectivity index (χ1v) is 13.5. The Morgan fingerprint density at radius 1 is 0.881 bits per heavy atom. The average molecular weight is 569 g/mol.